The van der Waals surface area contributed by atoms with Gasteiger partial charge in [0.25, 0.3) is 0 Å². The van der Waals surface area contributed by atoms with Crippen molar-refractivity contribution in [2.45, 2.75) is 57.2 Å². The number of morpholine rings is 1. The highest BCUT2D eigenvalue weighted by molar-refractivity contribution is 5.85. The minimum absolute atomic E-state index is 0. The summed E-state index contributed by atoms with van der Waals surface area (Å²) in [6.07, 6.45) is 6.14. The molecule has 4 rings (SSSR count). The van der Waals surface area contributed by atoms with Crippen LogP contribution in [0.25, 0.3) is 0 Å². The van der Waals surface area contributed by atoms with E-state index in [1.54, 1.807) is 0 Å². The van der Waals surface area contributed by atoms with Gasteiger partial charge in [-0.25, -0.2) is 0 Å². The highest BCUT2D eigenvalue weighted by atomic mass is 35.5. The third-order valence-corrected chi connectivity index (χ3v) is 6.60. The normalized spacial score (nSPS) is 27.8. The Hall–Kier alpha value is -0.850. The summed E-state index contributed by atoms with van der Waals surface area (Å²) in [5, 5.41) is 6.86. The van der Waals surface area contributed by atoms with Gasteiger partial charge in [-0.05, 0) is 37.7 Å². The first-order valence-electron chi connectivity index (χ1n) is 10.6. The molecule has 3 fully saturated rings. The van der Waals surface area contributed by atoms with Crippen LogP contribution >= 0.6 is 24.8 Å². The average molecular weight is 444 g/mol. The summed E-state index contributed by atoms with van der Waals surface area (Å²) in [7, 11) is 0. The molecular weight excluding hydrogens is 409 g/mol. The fourth-order valence-corrected chi connectivity index (χ4v) is 4.98. The third-order valence-electron chi connectivity index (χ3n) is 6.60. The van der Waals surface area contributed by atoms with Crippen molar-refractivity contribution >= 4 is 30.7 Å². The topological polar surface area (TPSA) is 53.6 Å². The number of fused-ring (bicyclic) bond motifs is 1. The molecule has 1 aliphatic carbocycles. The fraction of sp³-hybridized carbons (Fsp3) is 0.682. The summed E-state index contributed by atoms with van der Waals surface area (Å²) < 4.78 is 5.53. The van der Waals surface area contributed by atoms with Crippen LogP contribution in [0.4, 0.5) is 0 Å². The smallest absolute Gasteiger partial charge is 0.237 e. The van der Waals surface area contributed by atoms with Gasteiger partial charge in [-0.15, -0.1) is 24.8 Å². The van der Waals surface area contributed by atoms with E-state index in [2.05, 4.69) is 46.7 Å². The number of nitrogens with one attached hydrogen (secondary N) is 2. The zero-order valence-electron chi connectivity index (χ0n) is 17.3. The van der Waals surface area contributed by atoms with Crippen molar-refractivity contribution in [2.75, 3.05) is 32.8 Å². The van der Waals surface area contributed by atoms with Crippen molar-refractivity contribution in [1.82, 2.24) is 15.5 Å². The van der Waals surface area contributed by atoms with Crippen molar-refractivity contribution in [1.29, 1.82) is 0 Å². The number of hydrogen-bond donors (Lipinski definition) is 2. The number of benzene rings is 1. The Morgan fingerprint density at radius 1 is 1.17 bits per heavy atom. The first kappa shape index (κ1) is 24.4. The van der Waals surface area contributed by atoms with Gasteiger partial charge in [-0.2, -0.15) is 0 Å². The number of carbonyl (C=O) groups excluding carboxylic acids is 1. The minimum Gasteiger partial charge on any atom is -0.379 e. The molecule has 0 aromatic heterocycles. The first-order valence-corrected chi connectivity index (χ1v) is 10.6. The van der Waals surface area contributed by atoms with Gasteiger partial charge in [0.15, 0.2) is 0 Å². The second-order valence-electron chi connectivity index (χ2n) is 8.43. The Kier molecular flexibility index (Phi) is 9.70. The molecular formula is C22H35Cl2N3O2. The maximum absolute atomic E-state index is 12.8. The van der Waals surface area contributed by atoms with Crippen LogP contribution in [-0.2, 0) is 9.53 Å². The van der Waals surface area contributed by atoms with E-state index < -0.39 is 0 Å². The highest BCUT2D eigenvalue weighted by Crippen LogP contribution is 2.33. The van der Waals surface area contributed by atoms with E-state index in [0.29, 0.717) is 18.5 Å². The lowest BCUT2D eigenvalue weighted by Crippen LogP contribution is -2.47. The number of aryl methyl sites for hydroxylation is 1. The number of hydrogen-bond acceptors (Lipinski definition) is 4. The molecule has 7 heteroatoms. The summed E-state index contributed by atoms with van der Waals surface area (Å²) in [5.41, 5.74) is 2.54. The summed E-state index contributed by atoms with van der Waals surface area (Å²) in [4.78, 5) is 15.3. The van der Waals surface area contributed by atoms with Crippen molar-refractivity contribution < 1.29 is 9.53 Å². The standard InChI is InChI=1S/C22H33N3O2.2ClH/c1-16-6-8-17(9-7-16)21(25-10-12-27-13-11-25)15-23-22(26)20-14-18-4-2-3-5-19(18)24-20;;/h6-9,18-21,24H,2-5,10-15H2,1H3,(H,23,26);2*1H. The van der Waals surface area contributed by atoms with Gasteiger partial charge < -0.3 is 15.4 Å². The maximum atomic E-state index is 12.8. The average Bonchev–Trinajstić information content (AvgIpc) is 3.14. The summed E-state index contributed by atoms with van der Waals surface area (Å²) in [6, 6.07) is 9.47. The van der Waals surface area contributed by atoms with E-state index in [1.165, 1.54) is 36.8 Å². The second-order valence-corrected chi connectivity index (χ2v) is 8.43. The van der Waals surface area contributed by atoms with Gasteiger partial charge >= 0.3 is 0 Å². The molecule has 164 valence electrons. The molecule has 2 N–H and O–H groups in total. The van der Waals surface area contributed by atoms with Gasteiger partial charge in [-0.1, -0.05) is 42.7 Å². The van der Waals surface area contributed by atoms with Crippen molar-refractivity contribution in [3.05, 3.63) is 35.4 Å². The first-order chi connectivity index (χ1) is 13.2. The summed E-state index contributed by atoms with van der Waals surface area (Å²) >= 11 is 0. The third kappa shape index (κ3) is 6.08. The molecule has 29 heavy (non-hydrogen) atoms. The molecule has 5 nitrogen and oxygen atoms in total. The molecule has 2 aliphatic heterocycles. The lowest BCUT2D eigenvalue weighted by atomic mass is 9.85. The number of carbonyl (C=O) groups is 1. The van der Waals surface area contributed by atoms with Crippen molar-refractivity contribution in [2.24, 2.45) is 5.92 Å². The van der Waals surface area contributed by atoms with Crippen LogP contribution in [0.5, 0.6) is 0 Å². The molecule has 1 saturated carbocycles. The zero-order chi connectivity index (χ0) is 18.6. The SMILES string of the molecule is Cc1ccc(C(CNC(=O)C2CC3CCCCC3N2)N2CCOCC2)cc1.Cl.Cl. The van der Waals surface area contributed by atoms with Crippen molar-refractivity contribution in [3.8, 4) is 0 Å². The highest BCUT2D eigenvalue weighted by Gasteiger charge is 2.38. The van der Waals surface area contributed by atoms with E-state index in [9.17, 15) is 4.79 Å². The number of ether oxygens (including phenoxy) is 1. The van der Waals surface area contributed by atoms with Gasteiger partial charge in [-0.3, -0.25) is 9.69 Å². The predicted molar refractivity (Wildman–Crippen MR) is 121 cm³/mol. The molecule has 4 atom stereocenters. The van der Waals surface area contributed by atoms with Crippen LogP contribution in [0.15, 0.2) is 24.3 Å². The molecule has 1 aromatic carbocycles. The van der Waals surface area contributed by atoms with Crippen LogP contribution in [-0.4, -0.2) is 55.7 Å². The molecule has 1 amide bonds. The van der Waals surface area contributed by atoms with Crippen LogP contribution < -0.4 is 10.6 Å². The second kappa shape index (κ2) is 11.5. The van der Waals surface area contributed by atoms with Crippen LogP contribution in [0.3, 0.4) is 0 Å². The molecule has 2 saturated heterocycles. The molecule has 3 aliphatic rings. The number of amides is 1. The van der Waals surface area contributed by atoms with E-state index in [1.807, 2.05) is 0 Å². The van der Waals surface area contributed by atoms with Gasteiger partial charge in [0, 0.05) is 25.7 Å². The Balaban J connectivity index is 0.00000150. The molecule has 0 spiro atoms. The monoisotopic (exact) mass is 443 g/mol. The Labute approximate surface area is 187 Å². The molecule has 0 radical (unpaired) electrons. The maximum Gasteiger partial charge on any atom is 0.237 e. The summed E-state index contributed by atoms with van der Waals surface area (Å²) in [5.74, 6) is 0.872. The number of halogens is 2. The fourth-order valence-electron chi connectivity index (χ4n) is 4.98. The minimum atomic E-state index is -0.0125. The predicted octanol–water partition coefficient (Wildman–Crippen LogP) is 3.25. The van der Waals surface area contributed by atoms with E-state index in [-0.39, 0.29) is 42.8 Å². The lowest BCUT2D eigenvalue weighted by Gasteiger charge is -2.35. The molecule has 1 aromatic rings. The van der Waals surface area contributed by atoms with Gasteiger partial charge in [0.05, 0.1) is 25.3 Å². The largest absolute Gasteiger partial charge is 0.379 e. The van der Waals surface area contributed by atoms with E-state index in [0.717, 1.165) is 32.7 Å². The quantitative estimate of drug-likeness (QED) is 0.732. The van der Waals surface area contributed by atoms with Gasteiger partial charge in [0.2, 0.25) is 5.91 Å². The molecule has 4 unspecified atom stereocenters. The van der Waals surface area contributed by atoms with Gasteiger partial charge in [0.1, 0.15) is 0 Å². The Bertz CT molecular complexity index is 623. The number of nitrogens with zero attached hydrogens (tertiary/aromatic N) is 1. The lowest BCUT2D eigenvalue weighted by molar-refractivity contribution is -0.123. The Morgan fingerprint density at radius 2 is 1.86 bits per heavy atom. The number of rotatable bonds is 5. The van der Waals surface area contributed by atoms with Crippen LogP contribution in [0, 0.1) is 12.8 Å². The van der Waals surface area contributed by atoms with E-state index in [4.69, 9.17) is 4.74 Å². The molecule has 0 bridgehead atoms. The van der Waals surface area contributed by atoms with Crippen LogP contribution in [0.2, 0.25) is 0 Å². The van der Waals surface area contributed by atoms with Crippen molar-refractivity contribution in [3.63, 3.8) is 0 Å². The van der Waals surface area contributed by atoms with E-state index >= 15 is 0 Å². The zero-order valence-corrected chi connectivity index (χ0v) is 18.9. The summed E-state index contributed by atoms with van der Waals surface area (Å²) in [6.45, 7) is 6.14. The molecule has 2 heterocycles. The van der Waals surface area contributed by atoms with Crippen LogP contribution in [0.1, 0.15) is 49.3 Å². The Morgan fingerprint density at radius 3 is 2.55 bits per heavy atom.